The van der Waals surface area contributed by atoms with Gasteiger partial charge in [-0.25, -0.2) is 0 Å². The Morgan fingerprint density at radius 3 is 2.36 bits per heavy atom. The summed E-state index contributed by atoms with van der Waals surface area (Å²) in [5.74, 6) is -3.99. The predicted octanol–water partition coefficient (Wildman–Crippen LogP) is 1.83. The van der Waals surface area contributed by atoms with Gasteiger partial charge in [0.15, 0.2) is 0 Å². The van der Waals surface area contributed by atoms with Gasteiger partial charge in [0.05, 0.1) is 11.8 Å². The van der Waals surface area contributed by atoms with E-state index in [0.717, 1.165) is 0 Å². The minimum absolute atomic E-state index is 0.112. The van der Waals surface area contributed by atoms with E-state index in [-0.39, 0.29) is 11.2 Å². The monoisotopic (exact) mass is 326 g/mol. The second-order valence-electron chi connectivity index (χ2n) is 3.06. The van der Waals surface area contributed by atoms with Gasteiger partial charge < -0.3 is 10.2 Å². The van der Waals surface area contributed by atoms with Crippen molar-refractivity contribution < 1.29 is 19.8 Å². The van der Waals surface area contributed by atoms with Crippen molar-refractivity contribution >= 4 is 43.8 Å². The topological polar surface area (TPSA) is 74.6 Å². The first-order valence-electron chi connectivity index (χ1n) is 3.90. The van der Waals surface area contributed by atoms with Crippen molar-refractivity contribution in [3.63, 3.8) is 0 Å². The molecule has 1 rings (SSSR count). The van der Waals surface area contributed by atoms with Gasteiger partial charge in [0.25, 0.3) is 0 Å². The Balaban J connectivity index is 2.97. The van der Waals surface area contributed by atoms with E-state index in [1.807, 2.05) is 0 Å². The number of carbonyl (C=O) groups is 2. The molecule has 78 valence electrons. The van der Waals surface area contributed by atoms with E-state index in [1.54, 1.807) is 0 Å². The maximum atomic E-state index is 10.8. The molecule has 0 aromatic rings. The van der Waals surface area contributed by atoms with E-state index in [0.29, 0.717) is 4.48 Å². The summed E-state index contributed by atoms with van der Waals surface area (Å²) in [5.41, 5.74) is 0. The molecule has 6 heteroatoms. The predicted molar refractivity (Wildman–Crippen MR) is 56.6 cm³/mol. The van der Waals surface area contributed by atoms with Crippen molar-refractivity contribution in [3.05, 3.63) is 10.6 Å². The van der Waals surface area contributed by atoms with E-state index in [2.05, 4.69) is 31.9 Å². The van der Waals surface area contributed by atoms with Crippen LogP contribution in [0.15, 0.2) is 10.6 Å². The van der Waals surface area contributed by atoms with Gasteiger partial charge in [-0.1, -0.05) is 37.9 Å². The fourth-order valence-corrected chi connectivity index (χ4v) is 2.40. The van der Waals surface area contributed by atoms with Crippen LogP contribution in [0.25, 0.3) is 0 Å². The molecule has 1 aliphatic rings. The molecular formula is C8H8Br2O4. The van der Waals surface area contributed by atoms with Crippen LogP contribution in [0.5, 0.6) is 0 Å². The van der Waals surface area contributed by atoms with Crippen LogP contribution < -0.4 is 0 Å². The fraction of sp³-hybridized carbons (Fsp3) is 0.500. The van der Waals surface area contributed by atoms with Gasteiger partial charge >= 0.3 is 11.9 Å². The van der Waals surface area contributed by atoms with Crippen molar-refractivity contribution in [3.8, 4) is 0 Å². The highest BCUT2D eigenvalue weighted by Gasteiger charge is 2.38. The Morgan fingerprint density at radius 1 is 1.36 bits per heavy atom. The third-order valence-electron chi connectivity index (χ3n) is 2.13. The molecule has 0 aromatic heterocycles. The normalized spacial score (nSPS) is 32.1. The molecule has 0 radical (unpaired) electrons. The van der Waals surface area contributed by atoms with Crippen LogP contribution in [0.3, 0.4) is 0 Å². The minimum atomic E-state index is -1.10. The standard InChI is InChI=1S/C8H8Br2O4/c9-5-1-3(7(11)12)4(8(13)14)2-6(5)10/h1,3-4,6H,2H2,(H,11,12)(H,13,14). The molecule has 3 unspecified atom stereocenters. The lowest BCUT2D eigenvalue weighted by molar-refractivity contribution is -0.152. The first-order valence-corrected chi connectivity index (χ1v) is 5.61. The lowest BCUT2D eigenvalue weighted by atomic mass is 9.84. The Kier molecular flexibility index (Phi) is 3.71. The molecule has 0 heterocycles. The highest BCUT2D eigenvalue weighted by molar-refractivity contribution is 9.14. The van der Waals surface area contributed by atoms with Crippen molar-refractivity contribution in [2.75, 3.05) is 0 Å². The SMILES string of the molecule is O=C(O)C1C=C(Br)C(Br)CC1C(=O)O. The Bertz CT molecular complexity index is 300. The molecule has 0 saturated heterocycles. The van der Waals surface area contributed by atoms with Crippen LogP contribution in [0, 0.1) is 11.8 Å². The average Bonchev–Trinajstić information content (AvgIpc) is 2.08. The fourth-order valence-electron chi connectivity index (χ4n) is 1.37. The van der Waals surface area contributed by atoms with E-state index >= 15 is 0 Å². The van der Waals surface area contributed by atoms with Crippen molar-refractivity contribution in [2.24, 2.45) is 11.8 Å². The zero-order valence-electron chi connectivity index (χ0n) is 6.98. The number of hydrogen-bond acceptors (Lipinski definition) is 2. The number of carboxylic acid groups (broad SMARTS) is 2. The van der Waals surface area contributed by atoms with Gasteiger partial charge in [-0.3, -0.25) is 9.59 Å². The third kappa shape index (κ3) is 2.36. The number of carboxylic acids is 2. The second kappa shape index (κ2) is 4.44. The number of halogens is 2. The smallest absolute Gasteiger partial charge is 0.311 e. The van der Waals surface area contributed by atoms with Gasteiger partial charge in [0.2, 0.25) is 0 Å². The van der Waals surface area contributed by atoms with Crippen LogP contribution in [-0.4, -0.2) is 27.0 Å². The highest BCUT2D eigenvalue weighted by atomic mass is 79.9. The largest absolute Gasteiger partial charge is 0.481 e. The first-order chi connectivity index (χ1) is 6.43. The van der Waals surface area contributed by atoms with Crippen LogP contribution in [0.4, 0.5) is 0 Å². The van der Waals surface area contributed by atoms with Crippen LogP contribution in [0.1, 0.15) is 6.42 Å². The molecule has 0 bridgehead atoms. The maximum absolute atomic E-state index is 10.8. The van der Waals surface area contributed by atoms with Gasteiger partial charge in [0.1, 0.15) is 0 Å². The molecule has 1 aliphatic carbocycles. The molecule has 0 amide bonds. The summed E-state index contributed by atoms with van der Waals surface area (Å²) in [6, 6.07) is 0. The van der Waals surface area contributed by atoms with Crippen LogP contribution in [-0.2, 0) is 9.59 Å². The molecule has 0 saturated carbocycles. The Hall–Kier alpha value is -0.360. The summed E-state index contributed by atoms with van der Waals surface area (Å²) in [5, 5.41) is 17.7. The van der Waals surface area contributed by atoms with Gasteiger partial charge in [-0.2, -0.15) is 0 Å². The number of rotatable bonds is 2. The molecule has 3 atom stereocenters. The Labute approximate surface area is 97.2 Å². The van der Waals surface area contributed by atoms with Gasteiger partial charge in [-0.05, 0) is 6.42 Å². The summed E-state index contributed by atoms with van der Waals surface area (Å²) in [6.07, 6.45) is 1.72. The zero-order chi connectivity index (χ0) is 10.9. The summed E-state index contributed by atoms with van der Waals surface area (Å²) in [4.78, 5) is 21.5. The van der Waals surface area contributed by atoms with Crippen molar-refractivity contribution in [1.82, 2.24) is 0 Å². The van der Waals surface area contributed by atoms with E-state index < -0.39 is 23.8 Å². The molecular weight excluding hydrogens is 320 g/mol. The number of aliphatic carboxylic acids is 2. The molecule has 0 fully saturated rings. The average molecular weight is 328 g/mol. The Morgan fingerprint density at radius 2 is 1.93 bits per heavy atom. The van der Waals surface area contributed by atoms with E-state index in [9.17, 15) is 9.59 Å². The van der Waals surface area contributed by atoms with Crippen LogP contribution in [0.2, 0.25) is 0 Å². The highest BCUT2D eigenvalue weighted by Crippen LogP contribution is 2.36. The minimum Gasteiger partial charge on any atom is -0.481 e. The lowest BCUT2D eigenvalue weighted by Crippen LogP contribution is -2.33. The van der Waals surface area contributed by atoms with E-state index in [1.165, 1.54) is 6.08 Å². The molecule has 14 heavy (non-hydrogen) atoms. The van der Waals surface area contributed by atoms with Crippen molar-refractivity contribution in [1.29, 1.82) is 0 Å². The first kappa shape index (κ1) is 11.7. The zero-order valence-corrected chi connectivity index (χ0v) is 10.2. The maximum Gasteiger partial charge on any atom is 0.311 e. The van der Waals surface area contributed by atoms with Crippen LogP contribution >= 0.6 is 31.9 Å². The molecule has 2 N–H and O–H groups in total. The summed E-state index contributed by atoms with van der Waals surface area (Å²) < 4.78 is 0.697. The molecule has 0 spiro atoms. The summed E-state index contributed by atoms with van der Waals surface area (Å²) in [6.45, 7) is 0. The summed E-state index contributed by atoms with van der Waals surface area (Å²) >= 11 is 6.46. The summed E-state index contributed by atoms with van der Waals surface area (Å²) in [7, 11) is 0. The quantitative estimate of drug-likeness (QED) is 0.759. The molecule has 0 aromatic carbocycles. The van der Waals surface area contributed by atoms with Gasteiger partial charge in [-0.15, -0.1) is 0 Å². The third-order valence-corrected chi connectivity index (χ3v) is 4.43. The number of allylic oxidation sites excluding steroid dienone is 1. The second-order valence-corrected chi connectivity index (χ2v) is 5.08. The van der Waals surface area contributed by atoms with Crippen molar-refractivity contribution in [2.45, 2.75) is 11.2 Å². The van der Waals surface area contributed by atoms with Gasteiger partial charge in [0, 0.05) is 9.31 Å². The van der Waals surface area contributed by atoms with E-state index in [4.69, 9.17) is 10.2 Å². The number of hydrogen-bond donors (Lipinski definition) is 2. The lowest BCUT2D eigenvalue weighted by Gasteiger charge is -2.25. The molecule has 4 nitrogen and oxygen atoms in total. The molecule has 0 aliphatic heterocycles. The number of alkyl halides is 1.